The second-order valence-corrected chi connectivity index (χ2v) is 4.31. The first-order valence-electron chi connectivity index (χ1n) is 5.53. The van der Waals surface area contributed by atoms with Crippen molar-refractivity contribution >= 4 is 6.41 Å². The molecule has 2 rings (SSSR count). The molecule has 0 spiro atoms. The minimum atomic E-state index is -0.508. The van der Waals surface area contributed by atoms with E-state index in [4.69, 9.17) is 5.73 Å². The van der Waals surface area contributed by atoms with Crippen LogP contribution in [0.2, 0.25) is 0 Å². The Labute approximate surface area is 98.2 Å². The molecule has 2 N–H and O–H groups in total. The van der Waals surface area contributed by atoms with Gasteiger partial charge in [0.05, 0.1) is 6.04 Å². The lowest BCUT2D eigenvalue weighted by Crippen LogP contribution is -2.41. The third kappa shape index (κ3) is 2.44. The molecule has 0 saturated carbocycles. The number of rotatable bonds is 2. The van der Waals surface area contributed by atoms with Crippen molar-refractivity contribution in [1.29, 1.82) is 0 Å². The number of benzene rings is 1. The highest BCUT2D eigenvalue weighted by molar-refractivity contribution is 5.49. The van der Waals surface area contributed by atoms with Crippen LogP contribution in [0.5, 0.6) is 0 Å². The SMILES string of the molecule is NC1CCN(C=O)C(c2cc(F)ccc2F)C1. The monoisotopic (exact) mass is 240 g/mol. The highest BCUT2D eigenvalue weighted by Gasteiger charge is 2.29. The van der Waals surface area contributed by atoms with Crippen molar-refractivity contribution in [2.45, 2.75) is 24.9 Å². The molecule has 0 aliphatic carbocycles. The van der Waals surface area contributed by atoms with E-state index in [1.807, 2.05) is 0 Å². The van der Waals surface area contributed by atoms with Crippen LogP contribution >= 0.6 is 0 Å². The summed E-state index contributed by atoms with van der Waals surface area (Å²) in [5.41, 5.74) is 6.01. The molecule has 3 nitrogen and oxygen atoms in total. The van der Waals surface area contributed by atoms with E-state index in [1.165, 1.54) is 4.90 Å². The van der Waals surface area contributed by atoms with E-state index in [0.717, 1.165) is 18.2 Å². The number of carbonyl (C=O) groups is 1. The lowest BCUT2D eigenvalue weighted by Gasteiger charge is -2.36. The van der Waals surface area contributed by atoms with E-state index >= 15 is 0 Å². The van der Waals surface area contributed by atoms with Crippen LogP contribution < -0.4 is 5.73 Å². The third-order valence-corrected chi connectivity index (χ3v) is 3.14. The van der Waals surface area contributed by atoms with Crippen molar-refractivity contribution in [3.8, 4) is 0 Å². The van der Waals surface area contributed by atoms with Crippen molar-refractivity contribution in [2.75, 3.05) is 6.54 Å². The molecule has 5 heteroatoms. The number of hydrogen-bond donors (Lipinski definition) is 1. The number of carbonyl (C=O) groups excluding carboxylic acids is 1. The van der Waals surface area contributed by atoms with Crippen molar-refractivity contribution < 1.29 is 13.6 Å². The molecule has 17 heavy (non-hydrogen) atoms. The Morgan fingerprint density at radius 1 is 1.41 bits per heavy atom. The minimum Gasteiger partial charge on any atom is -0.338 e. The van der Waals surface area contributed by atoms with Crippen LogP contribution in [-0.2, 0) is 4.79 Å². The fourth-order valence-corrected chi connectivity index (χ4v) is 2.21. The lowest BCUT2D eigenvalue weighted by molar-refractivity contribution is -0.121. The molecule has 1 aromatic carbocycles. The van der Waals surface area contributed by atoms with Gasteiger partial charge in [0.15, 0.2) is 0 Å². The highest BCUT2D eigenvalue weighted by Crippen LogP contribution is 2.31. The Balaban J connectivity index is 2.34. The Hall–Kier alpha value is -1.49. The average molecular weight is 240 g/mol. The van der Waals surface area contributed by atoms with Crippen LogP contribution in [0.1, 0.15) is 24.4 Å². The Bertz CT molecular complexity index is 425. The zero-order valence-electron chi connectivity index (χ0n) is 9.27. The van der Waals surface area contributed by atoms with Gasteiger partial charge in [-0.25, -0.2) is 8.78 Å². The van der Waals surface area contributed by atoms with Crippen LogP contribution in [0, 0.1) is 11.6 Å². The number of nitrogens with two attached hydrogens (primary N) is 1. The van der Waals surface area contributed by atoms with Gasteiger partial charge in [0.2, 0.25) is 6.41 Å². The summed E-state index contributed by atoms with van der Waals surface area (Å²) >= 11 is 0. The summed E-state index contributed by atoms with van der Waals surface area (Å²) in [6.45, 7) is 0.477. The van der Waals surface area contributed by atoms with Crippen molar-refractivity contribution in [3.05, 3.63) is 35.4 Å². The van der Waals surface area contributed by atoms with Gasteiger partial charge in [-0.1, -0.05) is 0 Å². The van der Waals surface area contributed by atoms with Crippen molar-refractivity contribution in [2.24, 2.45) is 5.73 Å². The van der Waals surface area contributed by atoms with Crippen LogP contribution in [0.15, 0.2) is 18.2 Å². The van der Waals surface area contributed by atoms with Crippen LogP contribution in [0.3, 0.4) is 0 Å². The molecule has 0 aromatic heterocycles. The van der Waals surface area contributed by atoms with Gasteiger partial charge >= 0.3 is 0 Å². The molecule has 0 radical (unpaired) electrons. The molecule has 1 aliphatic rings. The maximum absolute atomic E-state index is 13.6. The van der Waals surface area contributed by atoms with Crippen molar-refractivity contribution in [1.82, 2.24) is 4.90 Å². The molecule has 92 valence electrons. The summed E-state index contributed by atoms with van der Waals surface area (Å²) in [7, 11) is 0. The van der Waals surface area contributed by atoms with Gasteiger partial charge in [0.1, 0.15) is 11.6 Å². The largest absolute Gasteiger partial charge is 0.338 e. The summed E-state index contributed by atoms with van der Waals surface area (Å²) in [5, 5.41) is 0. The predicted octanol–water partition coefficient (Wildman–Crippen LogP) is 1.59. The third-order valence-electron chi connectivity index (χ3n) is 3.14. The van der Waals surface area contributed by atoms with Gasteiger partial charge in [-0.2, -0.15) is 0 Å². The second kappa shape index (κ2) is 4.79. The van der Waals surface area contributed by atoms with Crippen LogP contribution in [0.4, 0.5) is 8.78 Å². The van der Waals surface area contributed by atoms with Crippen LogP contribution in [-0.4, -0.2) is 23.9 Å². The van der Waals surface area contributed by atoms with Gasteiger partial charge in [-0.15, -0.1) is 0 Å². The topological polar surface area (TPSA) is 46.3 Å². The van der Waals surface area contributed by atoms with Gasteiger partial charge in [-0.3, -0.25) is 4.79 Å². The van der Waals surface area contributed by atoms with E-state index in [-0.39, 0.29) is 11.6 Å². The lowest BCUT2D eigenvalue weighted by atomic mass is 9.92. The fraction of sp³-hybridized carbons (Fsp3) is 0.417. The minimum absolute atomic E-state index is 0.0844. The molecule has 2 unspecified atom stereocenters. The molecule has 1 fully saturated rings. The molecule has 1 saturated heterocycles. The Kier molecular flexibility index (Phi) is 3.38. The Morgan fingerprint density at radius 2 is 2.18 bits per heavy atom. The average Bonchev–Trinajstić information content (AvgIpc) is 2.32. The molecule has 1 heterocycles. The summed E-state index contributed by atoms with van der Waals surface area (Å²) in [6, 6.07) is 2.72. The van der Waals surface area contributed by atoms with E-state index < -0.39 is 17.7 Å². The molecule has 0 bridgehead atoms. The molecule has 1 amide bonds. The summed E-state index contributed by atoms with van der Waals surface area (Å²) in [4.78, 5) is 12.4. The number of halogens is 2. The smallest absolute Gasteiger partial charge is 0.210 e. The first-order valence-corrected chi connectivity index (χ1v) is 5.53. The second-order valence-electron chi connectivity index (χ2n) is 4.31. The fourth-order valence-electron chi connectivity index (χ4n) is 2.21. The van der Waals surface area contributed by atoms with E-state index in [1.54, 1.807) is 0 Å². The molecule has 1 aromatic rings. The maximum Gasteiger partial charge on any atom is 0.210 e. The molecule has 1 aliphatic heterocycles. The highest BCUT2D eigenvalue weighted by atomic mass is 19.1. The number of hydrogen-bond acceptors (Lipinski definition) is 2. The summed E-state index contributed by atoms with van der Waals surface area (Å²) in [6.07, 6.45) is 1.81. The van der Waals surface area contributed by atoms with E-state index in [2.05, 4.69) is 0 Å². The molecule has 2 atom stereocenters. The first-order chi connectivity index (χ1) is 8.11. The van der Waals surface area contributed by atoms with E-state index in [9.17, 15) is 13.6 Å². The molecular formula is C12H14F2N2O. The maximum atomic E-state index is 13.6. The quantitative estimate of drug-likeness (QED) is 0.798. The normalized spacial score (nSPS) is 24.8. The molecular weight excluding hydrogens is 226 g/mol. The van der Waals surface area contributed by atoms with E-state index in [0.29, 0.717) is 25.8 Å². The summed E-state index contributed by atoms with van der Waals surface area (Å²) < 4.78 is 26.8. The Morgan fingerprint density at radius 3 is 2.88 bits per heavy atom. The van der Waals surface area contributed by atoms with Gasteiger partial charge in [0, 0.05) is 18.2 Å². The van der Waals surface area contributed by atoms with Crippen molar-refractivity contribution in [3.63, 3.8) is 0 Å². The van der Waals surface area contributed by atoms with Gasteiger partial charge < -0.3 is 10.6 Å². The zero-order chi connectivity index (χ0) is 12.4. The number of nitrogens with zero attached hydrogens (tertiary/aromatic N) is 1. The number of piperidine rings is 1. The zero-order valence-corrected chi connectivity index (χ0v) is 9.27. The van der Waals surface area contributed by atoms with Gasteiger partial charge in [0.25, 0.3) is 0 Å². The first kappa shape index (κ1) is 12.0. The standard InChI is InChI=1S/C12H14F2N2O/c13-8-1-2-11(14)10(5-8)12-6-9(15)3-4-16(12)7-17/h1-2,5,7,9,12H,3-4,6,15H2. The van der Waals surface area contributed by atoms with Crippen LogP contribution in [0.25, 0.3) is 0 Å². The van der Waals surface area contributed by atoms with Gasteiger partial charge in [-0.05, 0) is 31.0 Å². The number of amides is 1. The predicted molar refractivity (Wildman–Crippen MR) is 59.1 cm³/mol. The summed E-state index contributed by atoms with van der Waals surface area (Å²) in [5.74, 6) is -1.01. The number of likely N-dealkylation sites (tertiary alicyclic amines) is 1.